The quantitative estimate of drug-likeness (QED) is 0.497. The molecule has 4 rings (SSSR count). The van der Waals surface area contributed by atoms with E-state index in [-0.39, 0.29) is 24.7 Å². The predicted molar refractivity (Wildman–Crippen MR) is 109 cm³/mol. The minimum atomic E-state index is -3.83. The van der Waals surface area contributed by atoms with Gasteiger partial charge in [-0.05, 0) is 43.4 Å². The van der Waals surface area contributed by atoms with Gasteiger partial charge in [-0.2, -0.15) is 5.10 Å². The largest absolute Gasteiger partial charge is 0.490 e. The topological polar surface area (TPSA) is 136 Å². The molecule has 172 valence electrons. The van der Waals surface area contributed by atoms with E-state index in [9.17, 15) is 22.4 Å². The van der Waals surface area contributed by atoms with Crippen molar-refractivity contribution in [3.05, 3.63) is 41.7 Å². The Kier molecular flexibility index (Phi) is 6.11. The number of urea groups is 1. The summed E-state index contributed by atoms with van der Waals surface area (Å²) in [5.74, 6) is -0.645. The number of amides is 3. The number of benzene rings is 1. The molecule has 1 saturated carbocycles. The number of hydrogen-bond donors (Lipinski definition) is 2. The third kappa shape index (κ3) is 5.59. The fourth-order valence-electron chi connectivity index (χ4n) is 3.19. The van der Waals surface area contributed by atoms with Crippen LogP contribution in [0.15, 0.2) is 24.5 Å². The molecule has 1 aliphatic carbocycles. The van der Waals surface area contributed by atoms with E-state index in [1.807, 2.05) is 0 Å². The molecule has 1 atom stereocenters. The van der Waals surface area contributed by atoms with Gasteiger partial charge in [-0.15, -0.1) is 0 Å². The highest BCUT2D eigenvalue weighted by atomic mass is 32.2. The maximum atomic E-state index is 14.0. The molecule has 0 radical (unpaired) electrons. The van der Waals surface area contributed by atoms with Crippen molar-refractivity contribution in [2.75, 3.05) is 13.2 Å². The second kappa shape index (κ2) is 8.82. The van der Waals surface area contributed by atoms with E-state index in [1.165, 1.54) is 29.4 Å². The minimum absolute atomic E-state index is 0.0202. The van der Waals surface area contributed by atoms with Gasteiger partial charge in [0.05, 0.1) is 13.2 Å². The van der Waals surface area contributed by atoms with Crippen molar-refractivity contribution in [3.63, 3.8) is 0 Å². The summed E-state index contributed by atoms with van der Waals surface area (Å²) in [6.07, 6.45) is 3.38. The molecule has 0 unspecified atom stereocenters. The number of aromatic nitrogens is 3. The summed E-state index contributed by atoms with van der Waals surface area (Å²) < 4.78 is 48.3. The molecular formula is C19H23FN6O5S. The summed E-state index contributed by atoms with van der Waals surface area (Å²) in [4.78, 5) is 28.0. The first-order valence-corrected chi connectivity index (χ1v) is 11.7. The molecule has 11 nitrogen and oxygen atoms in total. The second-order valence-corrected chi connectivity index (χ2v) is 9.66. The van der Waals surface area contributed by atoms with Gasteiger partial charge in [0.2, 0.25) is 15.9 Å². The zero-order valence-electron chi connectivity index (χ0n) is 17.3. The fraction of sp³-hybridized carbons (Fsp3) is 0.474. The minimum Gasteiger partial charge on any atom is -0.490 e. The number of nitrogens with zero attached hydrogens (tertiary/aromatic N) is 4. The summed E-state index contributed by atoms with van der Waals surface area (Å²) in [6.45, 7) is 1.97. The Balaban J connectivity index is 1.36. The van der Waals surface area contributed by atoms with Crippen molar-refractivity contribution in [2.24, 2.45) is 5.92 Å². The Labute approximate surface area is 184 Å². The van der Waals surface area contributed by atoms with Crippen LogP contribution < -0.4 is 14.8 Å². The number of sulfonamides is 1. The number of ether oxygens (including phenoxy) is 1. The van der Waals surface area contributed by atoms with Crippen molar-refractivity contribution >= 4 is 22.0 Å². The van der Waals surface area contributed by atoms with Gasteiger partial charge in [-0.1, -0.05) is 6.07 Å². The van der Waals surface area contributed by atoms with Crippen LogP contribution in [0.2, 0.25) is 0 Å². The van der Waals surface area contributed by atoms with Crippen LogP contribution in [0.5, 0.6) is 5.75 Å². The summed E-state index contributed by atoms with van der Waals surface area (Å²) >= 11 is 0. The third-order valence-corrected chi connectivity index (χ3v) is 6.39. The average Bonchev–Trinajstić information content (AvgIpc) is 3.36. The van der Waals surface area contributed by atoms with Crippen LogP contribution in [-0.4, -0.2) is 53.2 Å². The first-order chi connectivity index (χ1) is 15.2. The highest BCUT2D eigenvalue weighted by Crippen LogP contribution is 2.31. The molecule has 0 bridgehead atoms. The van der Waals surface area contributed by atoms with Gasteiger partial charge in [0.1, 0.15) is 12.9 Å². The standard InChI is InChI=1S/C19H23FN6O5S/c1-12(14-4-5-15(20)16(6-14)31-9-13-2-3-13)24-32(29,30)11-26-10-21-17(23-26)7-25-8-18(27)22-19(25)28/h4-6,10,12-13,24H,2-3,7-9,11H2,1H3,(H,22,27,28)/t12-/m1/s1. The number of carbonyl (C=O) groups excluding carboxylic acids is 2. The molecule has 32 heavy (non-hydrogen) atoms. The van der Waals surface area contributed by atoms with Gasteiger partial charge in [-0.25, -0.2) is 32.0 Å². The highest BCUT2D eigenvalue weighted by molar-refractivity contribution is 7.88. The lowest BCUT2D eigenvalue weighted by Gasteiger charge is -2.16. The number of nitrogens with one attached hydrogen (secondary N) is 2. The molecular weight excluding hydrogens is 443 g/mol. The molecule has 2 fully saturated rings. The Morgan fingerprint density at radius 1 is 1.34 bits per heavy atom. The zero-order chi connectivity index (χ0) is 22.9. The van der Waals surface area contributed by atoms with Crippen LogP contribution in [-0.2, 0) is 27.2 Å². The summed E-state index contributed by atoms with van der Waals surface area (Å²) in [7, 11) is -3.83. The lowest BCUT2D eigenvalue weighted by atomic mass is 10.1. The molecule has 1 aliphatic heterocycles. The maximum Gasteiger partial charge on any atom is 0.324 e. The molecule has 2 N–H and O–H groups in total. The molecule has 2 aliphatic rings. The summed E-state index contributed by atoms with van der Waals surface area (Å²) in [6, 6.07) is 3.08. The molecule has 0 spiro atoms. The average molecular weight is 466 g/mol. The molecule has 13 heteroatoms. The van der Waals surface area contributed by atoms with Crippen LogP contribution in [0.1, 0.15) is 37.2 Å². The molecule has 1 saturated heterocycles. The van der Waals surface area contributed by atoms with Gasteiger partial charge in [-0.3, -0.25) is 10.1 Å². The van der Waals surface area contributed by atoms with Crippen molar-refractivity contribution in [1.29, 1.82) is 0 Å². The first-order valence-electron chi connectivity index (χ1n) is 10.1. The van der Waals surface area contributed by atoms with Gasteiger partial charge in [0.15, 0.2) is 23.3 Å². The maximum absolute atomic E-state index is 14.0. The van der Waals surface area contributed by atoms with Gasteiger partial charge < -0.3 is 9.64 Å². The number of rotatable bonds is 10. The molecule has 3 amide bonds. The monoisotopic (exact) mass is 466 g/mol. The fourth-order valence-corrected chi connectivity index (χ4v) is 4.41. The van der Waals surface area contributed by atoms with E-state index in [0.29, 0.717) is 18.1 Å². The summed E-state index contributed by atoms with van der Waals surface area (Å²) in [5.41, 5.74) is 0.560. The smallest absolute Gasteiger partial charge is 0.324 e. The van der Waals surface area contributed by atoms with Gasteiger partial charge in [0, 0.05) is 6.04 Å². The van der Waals surface area contributed by atoms with Crippen LogP contribution in [0.3, 0.4) is 0 Å². The summed E-state index contributed by atoms with van der Waals surface area (Å²) in [5, 5.41) is 6.20. The Hall–Kier alpha value is -3.06. The molecule has 2 aromatic rings. The lowest BCUT2D eigenvalue weighted by Crippen LogP contribution is -2.30. The van der Waals surface area contributed by atoms with Crippen LogP contribution in [0.4, 0.5) is 9.18 Å². The van der Waals surface area contributed by atoms with E-state index in [0.717, 1.165) is 17.5 Å². The Bertz CT molecular complexity index is 1130. The second-order valence-electron chi connectivity index (χ2n) is 7.94. The van der Waals surface area contributed by atoms with Crippen molar-refractivity contribution in [1.82, 2.24) is 29.7 Å². The van der Waals surface area contributed by atoms with E-state index in [1.54, 1.807) is 6.92 Å². The van der Waals surface area contributed by atoms with E-state index in [2.05, 4.69) is 20.1 Å². The van der Waals surface area contributed by atoms with Crippen molar-refractivity contribution < 1.29 is 27.1 Å². The van der Waals surface area contributed by atoms with Gasteiger partial charge >= 0.3 is 6.03 Å². The van der Waals surface area contributed by atoms with Crippen LogP contribution in [0.25, 0.3) is 0 Å². The number of halogens is 1. The lowest BCUT2D eigenvalue weighted by molar-refractivity contribution is -0.118. The number of hydrogen-bond acceptors (Lipinski definition) is 7. The number of carbonyl (C=O) groups is 2. The Morgan fingerprint density at radius 3 is 2.81 bits per heavy atom. The first kappa shape index (κ1) is 22.1. The van der Waals surface area contributed by atoms with Crippen molar-refractivity contribution in [3.8, 4) is 5.75 Å². The zero-order valence-corrected chi connectivity index (χ0v) is 18.1. The SMILES string of the molecule is C[C@@H](NS(=O)(=O)Cn1cnc(CN2CC(=O)NC2=O)n1)c1ccc(F)c(OCC2CC2)c1. The van der Waals surface area contributed by atoms with Crippen LogP contribution >= 0.6 is 0 Å². The Morgan fingerprint density at radius 2 is 2.12 bits per heavy atom. The van der Waals surface area contributed by atoms with E-state index in [4.69, 9.17) is 4.74 Å². The number of imide groups is 1. The normalized spacial score (nSPS) is 17.5. The van der Waals surface area contributed by atoms with Crippen LogP contribution in [0, 0.1) is 11.7 Å². The van der Waals surface area contributed by atoms with E-state index >= 15 is 0 Å². The van der Waals surface area contributed by atoms with E-state index < -0.39 is 39.7 Å². The molecule has 1 aromatic heterocycles. The highest BCUT2D eigenvalue weighted by Gasteiger charge is 2.28. The third-order valence-electron chi connectivity index (χ3n) is 5.07. The predicted octanol–water partition coefficient (Wildman–Crippen LogP) is 0.896. The molecule has 1 aromatic carbocycles. The van der Waals surface area contributed by atoms with Crippen molar-refractivity contribution in [2.45, 2.75) is 38.2 Å². The molecule has 2 heterocycles. The van der Waals surface area contributed by atoms with Gasteiger partial charge in [0.25, 0.3) is 0 Å².